The standard InChI is InChI=1S/C12H19N3O3/c1-12(2,3)10-9(8-4-7-18-14-8)13-5-6-15(10)11(16)17/h4,7,9-10,13H,5-6H2,1-3H3,(H,16,17). The Hall–Kier alpha value is -1.56. The molecule has 1 aromatic heterocycles. The first kappa shape index (κ1) is 12.9. The van der Waals surface area contributed by atoms with Crippen LogP contribution in [0.15, 0.2) is 16.9 Å². The van der Waals surface area contributed by atoms with Crippen molar-refractivity contribution in [1.29, 1.82) is 0 Å². The maximum atomic E-state index is 11.4. The van der Waals surface area contributed by atoms with Gasteiger partial charge in [-0.25, -0.2) is 4.79 Å². The Labute approximate surface area is 106 Å². The fraction of sp³-hybridized carbons (Fsp3) is 0.667. The second-order valence-corrected chi connectivity index (χ2v) is 5.64. The smallest absolute Gasteiger partial charge is 0.407 e. The van der Waals surface area contributed by atoms with E-state index in [0.717, 1.165) is 5.69 Å². The molecule has 2 heterocycles. The highest BCUT2D eigenvalue weighted by molar-refractivity contribution is 5.66. The number of nitrogens with one attached hydrogen (secondary N) is 1. The summed E-state index contributed by atoms with van der Waals surface area (Å²) in [4.78, 5) is 12.9. The van der Waals surface area contributed by atoms with Crippen LogP contribution in [0, 0.1) is 5.41 Å². The fourth-order valence-corrected chi connectivity index (χ4v) is 2.60. The van der Waals surface area contributed by atoms with Crippen molar-refractivity contribution < 1.29 is 14.4 Å². The number of nitrogens with zero attached hydrogens (tertiary/aromatic N) is 2. The Morgan fingerprint density at radius 2 is 2.33 bits per heavy atom. The first-order valence-corrected chi connectivity index (χ1v) is 6.04. The number of carboxylic acid groups (broad SMARTS) is 1. The van der Waals surface area contributed by atoms with Crippen LogP contribution in [0.4, 0.5) is 4.79 Å². The summed E-state index contributed by atoms with van der Waals surface area (Å²) in [5.41, 5.74) is 0.566. The average Bonchev–Trinajstić information content (AvgIpc) is 2.80. The molecule has 0 bridgehead atoms. The number of piperazine rings is 1. The monoisotopic (exact) mass is 253 g/mol. The molecule has 0 radical (unpaired) electrons. The van der Waals surface area contributed by atoms with Gasteiger partial charge in [-0.3, -0.25) is 0 Å². The predicted octanol–water partition coefficient (Wildman–Crippen LogP) is 1.71. The van der Waals surface area contributed by atoms with Crippen LogP contribution in [0.25, 0.3) is 0 Å². The van der Waals surface area contributed by atoms with Crippen LogP contribution >= 0.6 is 0 Å². The Kier molecular flexibility index (Phi) is 3.30. The molecule has 0 spiro atoms. The van der Waals surface area contributed by atoms with Gasteiger partial charge in [0.1, 0.15) is 12.0 Å². The average molecular weight is 253 g/mol. The summed E-state index contributed by atoms with van der Waals surface area (Å²) < 4.78 is 4.87. The van der Waals surface area contributed by atoms with Gasteiger partial charge in [0.15, 0.2) is 0 Å². The lowest BCUT2D eigenvalue weighted by atomic mass is 9.79. The van der Waals surface area contributed by atoms with Crippen LogP contribution in [0.2, 0.25) is 0 Å². The largest absolute Gasteiger partial charge is 0.465 e. The van der Waals surface area contributed by atoms with Crippen molar-refractivity contribution in [3.05, 3.63) is 18.0 Å². The highest BCUT2D eigenvalue weighted by Gasteiger charge is 2.43. The fourth-order valence-electron chi connectivity index (χ4n) is 2.60. The van der Waals surface area contributed by atoms with E-state index in [9.17, 15) is 9.90 Å². The van der Waals surface area contributed by atoms with Crippen LogP contribution < -0.4 is 5.32 Å². The van der Waals surface area contributed by atoms with Gasteiger partial charge in [-0.05, 0) is 5.41 Å². The summed E-state index contributed by atoms with van der Waals surface area (Å²) in [5, 5.41) is 16.6. The van der Waals surface area contributed by atoms with Gasteiger partial charge in [-0.15, -0.1) is 0 Å². The zero-order chi connectivity index (χ0) is 13.3. The highest BCUT2D eigenvalue weighted by atomic mass is 16.5. The maximum absolute atomic E-state index is 11.4. The molecule has 0 aliphatic carbocycles. The maximum Gasteiger partial charge on any atom is 0.407 e. The molecule has 0 aromatic carbocycles. The SMILES string of the molecule is CC(C)(C)C1C(c2ccon2)NCCN1C(=O)O. The summed E-state index contributed by atoms with van der Waals surface area (Å²) >= 11 is 0. The number of amides is 1. The number of carbonyl (C=O) groups is 1. The molecule has 1 aliphatic heterocycles. The molecular weight excluding hydrogens is 234 g/mol. The van der Waals surface area contributed by atoms with E-state index >= 15 is 0 Å². The molecule has 2 rings (SSSR count). The quantitative estimate of drug-likeness (QED) is 0.796. The molecule has 1 fully saturated rings. The van der Waals surface area contributed by atoms with E-state index in [0.29, 0.717) is 13.1 Å². The summed E-state index contributed by atoms with van der Waals surface area (Å²) in [6, 6.07) is 1.48. The minimum atomic E-state index is -0.884. The van der Waals surface area contributed by atoms with Gasteiger partial charge in [0.25, 0.3) is 0 Å². The Bertz CT molecular complexity index is 411. The Balaban J connectivity index is 2.35. The third-order valence-electron chi connectivity index (χ3n) is 3.28. The summed E-state index contributed by atoms with van der Waals surface area (Å²) in [5.74, 6) is 0. The molecular formula is C12H19N3O3. The second-order valence-electron chi connectivity index (χ2n) is 5.64. The normalized spacial score (nSPS) is 25.2. The third kappa shape index (κ3) is 2.33. The van der Waals surface area contributed by atoms with E-state index in [4.69, 9.17) is 4.52 Å². The number of hydrogen-bond donors (Lipinski definition) is 2. The van der Waals surface area contributed by atoms with Crippen LogP contribution in [0.1, 0.15) is 32.5 Å². The molecule has 0 saturated carbocycles. The van der Waals surface area contributed by atoms with Crippen LogP contribution in [-0.2, 0) is 0 Å². The van der Waals surface area contributed by atoms with Gasteiger partial charge < -0.3 is 19.8 Å². The molecule has 1 aliphatic rings. The van der Waals surface area contributed by atoms with Gasteiger partial charge in [0.05, 0.1) is 12.1 Å². The van der Waals surface area contributed by atoms with Gasteiger partial charge in [-0.1, -0.05) is 25.9 Å². The van der Waals surface area contributed by atoms with E-state index in [1.807, 2.05) is 20.8 Å². The minimum Gasteiger partial charge on any atom is -0.465 e. The molecule has 6 heteroatoms. The molecule has 1 amide bonds. The lowest BCUT2D eigenvalue weighted by molar-refractivity contribution is 0.0391. The molecule has 100 valence electrons. The molecule has 18 heavy (non-hydrogen) atoms. The lowest BCUT2D eigenvalue weighted by Gasteiger charge is -2.46. The topological polar surface area (TPSA) is 78.6 Å². The van der Waals surface area contributed by atoms with E-state index in [1.165, 1.54) is 11.2 Å². The second kappa shape index (κ2) is 4.61. The highest BCUT2D eigenvalue weighted by Crippen LogP contribution is 2.35. The van der Waals surface area contributed by atoms with Crippen molar-refractivity contribution in [2.45, 2.75) is 32.9 Å². The van der Waals surface area contributed by atoms with E-state index in [1.54, 1.807) is 6.07 Å². The lowest BCUT2D eigenvalue weighted by Crippen LogP contribution is -2.59. The molecule has 1 saturated heterocycles. The molecule has 2 atom stereocenters. The minimum absolute atomic E-state index is 0.131. The first-order chi connectivity index (χ1) is 8.41. The van der Waals surface area contributed by atoms with Gasteiger partial charge in [0.2, 0.25) is 0 Å². The van der Waals surface area contributed by atoms with Crippen molar-refractivity contribution in [2.24, 2.45) is 5.41 Å². The van der Waals surface area contributed by atoms with Gasteiger partial charge in [-0.2, -0.15) is 0 Å². The Morgan fingerprint density at radius 3 is 2.83 bits per heavy atom. The van der Waals surface area contributed by atoms with Crippen molar-refractivity contribution in [3.63, 3.8) is 0 Å². The number of hydrogen-bond acceptors (Lipinski definition) is 4. The van der Waals surface area contributed by atoms with Crippen LogP contribution in [0.5, 0.6) is 0 Å². The van der Waals surface area contributed by atoms with Crippen molar-refractivity contribution in [2.75, 3.05) is 13.1 Å². The van der Waals surface area contributed by atoms with Gasteiger partial charge >= 0.3 is 6.09 Å². The van der Waals surface area contributed by atoms with Gasteiger partial charge in [0, 0.05) is 19.2 Å². The summed E-state index contributed by atoms with van der Waals surface area (Å²) in [6.45, 7) is 7.22. The van der Waals surface area contributed by atoms with Crippen molar-refractivity contribution in [3.8, 4) is 0 Å². The predicted molar refractivity (Wildman–Crippen MR) is 65.2 cm³/mol. The Morgan fingerprint density at radius 1 is 1.61 bits per heavy atom. The summed E-state index contributed by atoms with van der Waals surface area (Å²) in [6.07, 6.45) is 0.626. The van der Waals surface area contributed by atoms with Crippen LogP contribution in [-0.4, -0.2) is 40.4 Å². The number of aromatic nitrogens is 1. The molecule has 2 unspecified atom stereocenters. The van der Waals surface area contributed by atoms with E-state index in [-0.39, 0.29) is 17.5 Å². The van der Waals surface area contributed by atoms with E-state index < -0.39 is 6.09 Å². The first-order valence-electron chi connectivity index (χ1n) is 6.04. The van der Waals surface area contributed by atoms with E-state index in [2.05, 4.69) is 10.5 Å². The van der Waals surface area contributed by atoms with Crippen LogP contribution in [0.3, 0.4) is 0 Å². The molecule has 1 aromatic rings. The number of rotatable bonds is 1. The molecule has 6 nitrogen and oxygen atoms in total. The summed E-state index contributed by atoms with van der Waals surface area (Å²) in [7, 11) is 0. The molecule has 2 N–H and O–H groups in total. The third-order valence-corrected chi connectivity index (χ3v) is 3.28. The zero-order valence-electron chi connectivity index (χ0n) is 10.9. The van der Waals surface area contributed by atoms with Crippen molar-refractivity contribution >= 4 is 6.09 Å². The van der Waals surface area contributed by atoms with Crippen molar-refractivity contribution in [1.82, 2.24) is 15.4 Å². The zero-order valence-corrected chi connectivity index (χ0v) is 10.9.